The first kappa shape index (κ1) is 14.9. The normalized spacial score (nSPS) is 33.5. The van der Waals surface area contributed by atoms with E-state index in [0.29, 0.717) is 0 Å². The van der Waals surface area contributed by atoms with Gasteiger partial charge in [-0.15, -0.1) is 0 Å². The number of fused-ring (bicyclic) bond motifs is 1. The summed E-state index contributed by atoms with van der Waals surface area (Å²) in [4.78, 5) is 2.52. The zero-order valence-electron chi connectivity index (χ0n) is 13.4. The highest BCUT2D eigenvalue weighted by atomic mass is 16.5. The summed E-state index contributed by atoms with van der Waals surface area (Å²) in [6.45, 7) is 6.93. The maximum absolute atomic E-state index is 10.8. The number of benzene rings is 1. The SMILES string of the molecule is COc1ccc2c(c1)CCC(N1CCC(C)C(C)C1)C2O. The number of aliphatic hydroxyl groups is 1. The van der Waals surface area contributed by atoms with Crippen molar-refractivity contribution in [2.24, 2.45) is 11.8 Å². The molecule has 0 amide bonds. The molecule has 1 fully saturated rings. The molecule has 0 spiro atoms. The molecule has 4 atom stereocenters. The summed E-state index contributed by atoms with van der Waals surface area (Å²) in [5.74, 6) is 2.42. The van der Waals surface area contributed by atoms with Crippen molar-refractivity contribution in [2.45, 2.75) is 45.3 Å². The van der Waals surface area contributed by atoms with Gasteiger partial charge < -0.3 is 9.84 Å². The molecule has 1 saturated heterocycles. The van der Waals surface area contributed by atoms with Crippen molar-refractivity contribution in [1.29, 1.82) is 0 Å². The molecule has 1 aliphatic carbocycles. The van der Waals surface area contributed by atoms with Gasteiger partial charge in [0.25, 0.3) is 0 Å². The van der Waals surface area contributed by atoms with Gasteiger partial charge in [0.05, 0.1) is 13.2 Å². The fourth-order valence-corrected chi connectivity index (χ4v) is 3.86. The second kappa shape index (κ2) is 5.98. The van der Waals surface area contributed by atoms with Crippen molar-refractivity contribution < 1.29 is 9.84 Å². The monoisotopic (exact) mass is 289 g/mol. The Kier molecular flexibility index (Phi) is 4.23. The highest BCUT2D eigenvalue weighted by molar-refractivity contribution is 5.39. The molecule has 0 bridgehead atoms. The van der Waals surface area contributed by atoms with Crippen LogP contribution in [0.1, 0.15) is 43.9 Å². The zero-order valence-corrected chi connectivity index (χ0v) is 13.4. The third-order valence-electron chi connectivity index (χ3n) is 5.58. The maximum atomic E-state index is 10.8. The lowest BCUT2D eigenvalue weighted by molar-refractivity contribution is 0.00413. The molecule has 1 heterocycles. The number of methoxy groups -OCH3 is 1. The van der Waals surface area contributed by atoms with Crippen LogP contribution in [0.5, 0.6) is 5.75 Å². The van der Waals surface area contributed by atoms with Crippen molar-refractivity contribution >= 4 is 0 Å². The molecular weight excluding hydrogens is 262 g/mol. The van der Waals surface area contributed by atoms with E-state index >= 15 is 0 Å². The minimum absolute atomic E-state index is 0.279. The number of likely N-dealkylation sites (tertiary alicyclic amines) is 1. The molecule has 116 valence electrons. The summed E-state index contributed by atoms with van der Waals surface area (Å²) >= 11 is 0. The molecule has 1 aromatic rings. The predicted octanol–water partition coefficient (Wildman–Crippen LogP) is 3.02. The van der Waals surface area contributed by atoms with Crippen molar-refractivity contribution in [2.75, 3.05) is 20.2 Å². The van der Waals surface area contributed by atoms with Crippen LogP contribution in [0, 0.1) is 11.8 Å². The summed E-state index contributed by atoms with van der Waals surface area (Å²) < 4.78 is 5.29. The third-order valence-corrected chi connectivity index (χ3v) is 5.58. The average Bonchev–Trinajstić information content (AvgIpc) is 2.50. The van der Waals surface area contributed by atoms with Crippen LogP contribution in [-0.4, -0.2) is 36.2 Å². The quantitative estimate of drug-likeness (QED) is 0.908. The lowest BCUT2D eigenvalue weighted by atomic mass is 9.82. The fraction of sp³-hybridized carbons (Fsp3) is 0.667. The van der Waals surface area contributed by atoms with E-state index in [1.807, 2.05) is 12.1 Å². The molecule has 0 saturated carbocycles. The van der Waals surface area contributed by atoms with Gasteiger partial charge in [0.1, 0.15) is 5.75 Å². The first-order valence-electron chi connectivity index (χ1n) is 8.19. The second-order valence-corrected chi connectivity index (χ2v) is 6.85. The minimum atomic E-state index is -0.361. The first-order valence-corrected chi connectivity index (χ1v) is 8.19. The number of nitrogens with zero attached hydrogens (tertiary/aromatic N) is 1. The number of aliphatic hydroxyl groups excluding tert-OH is 1. The summed E-state index contributed by atoms with van der Waals surface area (Å²) in [6, 6.07) is 6.36. The van der Waals surface area contributed by atoms with Crippen molar-refractivity contribution in [3.8, 4) is 5.75 Å². The van der Waals surface area contributed by atoms with Crippen LogP contribution in [-0.2, 0) is 6.42 Å². The molecule has 2 aliphatic rings. The Hall–Kier alpha value is -1.06. The van der Waals surface area contributed by atoms with E-state index in [0.717, 1.165) is 49.1 Å². The second-order valence-electron chi connectivity index (χ2n) is 6.85. The van der Waals surface area contributed by atoms with Crippen LogP contribution >= 0.6 is 0 Å². The van der Waals surface area contributed by atoms with Gasteiger partial charge in [-0.1, -0.05) is 19.9 Å². The van der Waals surface area contributed by atoms with Gasteiger partial charge >= 0.3 is 0 Å². The molecule has 3 nitrogen and oxygen atoms in total. The van der Waals surface area contributed by atoms with E-state index in [1.165, 1.54) is 12.0 Å². The first-order chi connectivity index (χ1) is 10.1. The number of aryl methyl sites for hydroxylation is 1. The molecular formula is C18H27NO2. The Labute approximate surface area is 127 Å². The van der Waals surface area contributed by atoms with Crippen molar-refractivity contribution in [3.63, 3.8) is 0 Å². The van der Waals surface area contributed by atoms with E-state index in [-0.39, 0.29) is 12.1 Å². The van der Waals surface area contributed by atoms with E-state index < -0.39 is 0 Å². The van der Waals surface area contributed by atoms with Crippen LogP contribution in [0.2, 0.25) is 0 Å². The molecule has 3 rings (SSSR count). The van der Waals surface area contributed by atoms with Crippen LogP contribution < -0.4 is 4.74 Å². The topological polar surface area (TPSA) is 32.7 Å². The van der Waals surface area contributed by atoms with Gasteiger partial charge in [-0.3, -0.25) is 4.90 Å². The number of piperidine rings is 1. The smallest absolute Gasteiger partial charge is 0.119 e. The Morgan fingerprint density at radius 3 is 2.71 bits per heavy atom. The maximum Gasteiger partial charge on any atom is 0.119 e. The van der Waals surface area contributed by atoms with Crippen molar-refractivity contribution in [3.05, 3.63) is 29.3 Å². The molecule has 0 radical (unpaired) electrons. The number of ether oxygens (including phenoxy) is 1. The Morgan fingerprint density at radius 2 is 2.00 bits per heavy atom. The number of hydrogen-bond donors (Lipinski definition) is 1. The predicted molar refractivity (Wildman–Crippen MR) is 84.6 cm³/mol. The molecule has 1 aromatic carbocycles. The lowest BCUT2D eigenvalue weighted by Gasteiger charge is -2.44. The van der Waals surface area contributed by atoms with Gasteiger partial charge in [-0.05, 0) is 60.9 Å². The van der Waals surface area contributed by atoms with E-state index in [2.05, 4.69) is 24.8 Å². The Morgan fingerprint density at radius 1 is 1.19 bits per heavy atom. The highest BCUT2D eigenvalue weighted by Gasteiger charge is 2.35. The van der Waals surface area contributed by atoms with Crippen LogP contribution in [0.3, 0.4) is 0 Å². The minimum Gasteiger partial charge on any atom is -0.497 e. The fourth-order valence-electron chi connectivity index (χ4n) is 3.86. The van der Waals surface area contributed by atoms with Gasteiger partial charge in [-0.25, -0.2) is 0 Å². The van der Waals surface area contributed by atoms with Crippen LogP contribution in [0.25, 0.3) is 0 Å². The van der Waals surface area contributed by atoms with E-state index in [4.69, 9.17) is 4.74 Å². The largest absolute Gasteiger partial charge is 0.497 e. The van der Waals surface area contributed by atoms with E-state index in [1.54, 1.807) is 7.11 Å². The lowest BCUT2D eigenvalue weighted by Crippen LogP contribution is -2.48. The number of rotatable bonds is 2. The molecule has 4 unspecified atom stereocenters. The molecule has 1 N–H and O–H groups in total. The van der Waals surface area contributed by atoms with Crippen LogP contribution in [0.4, 0.5) is 0 Å². The summed E-state index contributed by atoms with van der Waals surface area (Å²) in [5.41, 5.74) is 2.34. The Balaban J connectivity index is 1.77. The van der Waals surface area contributed by atoms with E-state index in [9.17, 15) is 5.11 Å². The molecule has 1 aliphatic heterocycles. The van der Waals surface area contributed by atoms with Gasteiger partial charge in [0, 0.05) is 12.6 Å². The molecule has 3 heteroatoms. The van der Waals surface area contributed by atoms with Gasteiger partial charge in [-0.2, -0.15) is 0 Å². The zero-order chi connectivity index (χ0) is 15.0. The molecule has 21 heavy (non-hydrogen) atoms. The Bertz CT molecular complexity index is 502. The van der Waals surface area contributed by atoms with Gasteiger partial charge in [0.15, 0.2) is 0 Å². The van der Waals surface area contributed by atoms with Gasteiger partial charge in [0.2, 0.25) is 0 Å². The van der Waals surface area contributed by atoms with Crippen LogP contribution in [0.15, 0.2) is 18.2 Å². The molecule has 0 aromatic heterocycles. The standard InChI is InChI=1S/C18H27NO2/c1-12-8-9-19(11-13(12)2)17-7-4-14-10-15(21-3)5-6-16(14)18(17)20/h5-6,10,12-13,17-18,20H,4,7-9,11H2,1-3H3. The average molecular weight is 289 g/mol. The summed E-state index contributed by atoms with van der Waals surface area (Å²) in [7, 11) is 1.69. The summed E-state index contributed by atoms with van der Waals surface area (Å²) in [6.07, 6.45) is 2.97. The summed E-state index contributed by atoms with van der Waals surface area (Å²) in [5, 5.41) is 10.8. The number of hydrogen-bond acceptors (Lipinski definition) is 3. The third kappa shape index (κ3) is 2.82. The highest BCUT2D eigenvalue weighted by Crippen LogP contribution is 2.37. The van der Waals surface area contributed by atoms with Crippen molar-refractivity contribution in [1.82, 2.24) is 4.90 Å².